The predicted octanol–water partition coefficient (Wildman–Crippen LogP) is 2.75. The first kappa shape index (κ1) is 15.4. The first-order chi connectivity index (χ1) is 11.1. The topological polar surface area (TPSA) is 67.4 Å². The van der Waals surface area contributed by atoms with E-state index in [9.17, 15) is 9.59 Å². The summed E-state index contributed by atoms with van der Waals surface area (Å²) in [5.41, 5.74) is 1.51. The largest absolute Gasteiger partial charge is 0.478 e. The number of ether oxygens (including phenoxy) is 1. The van der Waals surface area contributed by atoms with E-state index in [1.807, 2.05) is 18.2 Å². The lowest BCUT2D eigenvalue weighted by atomic mass is 10.1. The van der Waals surface area contributed by atoms with E-state index in [0.29, 0.717) is 23.0 Å². The Morgan fingerprint density at radius 1 is 1.22 bits per heavy atom. The van der Waals surface area contributed by atoms with Crippen molar-refractivity contribution in [2.45, 2.75) is 19.1 Å². The van der Waals surface area contributed by atoms with E-state index in [0.717, 1.165) is 5.56 Å². The minimum Gasteiger partial charge on any atom is -0.478 e. The molecule has 2 amide bonds. The smallest absolute Gasteiger partial charge is 0.266 e. The number of rotatable bonds is 4. The van der Waals surface area contributed by atoms with Crippen LogP contribution in [0.5, 0.6) is 5.75 Å². The van der Waals surface area contributed by atoms with Gasteiger partial charge in [-0.1, -0.05) is 35.9 Å². The Balaban J connectivity index is 1.57. The molecular weight excluding hydrogens is 316 g/mol. The molecule has 0 aliphatic carbocycles. The van der Waals surface area contributed by atoms with E-state index in [2.05, 4.69) is 10.6 Å². The van der Waals surface area contributed by atoms with Crippen molar-refractivity contribution in [1.29, 1.82) is 0 Å². The highest BCUT2D eigenvalue weighted by Gasteiger charge is 2.29. The second-order valence-electron chi connectivity index (χ2n) is 5.20. The van der Waals surface area contributed by atoms with Gasteiger partial charge in [-0.2, -0.15) is 0 Å². The van der Waals surface area contributed by atoms with Crippen molar-refractivity contribution in [2.75, 3.05) is 5.32 Å². The third-order valence-electron chi connectivity index (χ3n) is 3.46. The summed E-state index contributed by atoms with van der Waals surface area (Å²) in [6, 6.07) is 14.4. The van der Waals surface area contributed by atoms with Gasteiger partial charge >= 0.3 is 0 Å². The maximum atomic E-state index is 12.0. The van der Waals surface area contributed by atoms with Crippen LogP contribution in [0, 0.1) is 0 Å². The number of anilines is 1. The summed E-state index contributed by atoms with van der Waals surface area (Å²) in [5.74, 6) is -0.00847. The number of halogens is 1. The van der Waals surface area contributed by atoms with Crippen LogP contribution in [0.3, 0.4) is 0 Å². The average molecular weight is 331 g/mol. The first-order valence-electron chi connectivity index (χ1n) is 7.19. The van der Waals surface area contributed by atoms with Crippen LogP contribution in [0.25, 0.3) is 0 Å². The minimum atomic E-state index is -0.829. The van der Waals surface area contributed by atoms with Gasteiger partial charge < -0.3 is 15.4 Å². The van der Waals surface area contributed by atoms with Gasteiger partial charge in [0.15, 0.2) is 6.10 Å². The lowest BCUT2D eigenvalue weighted by Gasteiger charge is -2.25. The van der Waals surface area contributed by atoms with Crippen LogP contribution in [0.1, 0.15) is 12.0 Å². The summed E-state index contributed by atoms with van der Waals surface area (Å²) in [5, 5.41) is 6.11. The molecule has 1 aliphatic rings. The summed E-state index contributed by atoms with van der Waals surface area (Å²) >= 11 is 5.90. The second kappa shape index (κ2) is 6.71. The first-order valence-corrected chi connectivity index (χ1v) is 7.57. The molecular formula is C17H15ClN2O3. The van der Waals surface area contributed by atoms with Gasteiger partial charge in [-0.15, -0.1) is 0 Å². The summed E-state index contributed by atoms with van der Waals surface area (Å²) in [7, 11) is 0. The Labute approximate surface area is 138 Å². The maximum absolute atomic E-state index is 12.0. The molecule has 5 nitrogen and oxygen atoms in total. The zero-order valence-corrected chi connectivity index (χ0v) is 13.0. The van der Waals surface area contributed by atoms with Gasteiger partial charge in [-0.3, -0.25) is 9.59 Å². The third kappa shape index (κ3) is 3.81. The van der Waals surface area contributed by atoms with Crippen LogP contribution in [0.2, 0.25) is 5.02 Å². The fraction of sp³-hybridized carbons (Fsp3) is 0.176. The van der Waals surface area contributed by atoms with Crippen molar-refractivity contribution in [1.82, 2.24) is 5.32 Å². The van der Waals surface area contributed by atoms with Gasteiger partial charge in [-0.05, 0) is 29.8 Å². The molecule has 1 aliphatic heterocycles. The zero-order chi connectivity index (χ0) is 16.2. The van der Waals surface area contributed by atoms with E-state index in [-0.39, 0.29) is 18.2 Å². The number of carbonyl (C=O) groups excluding carboxylic acids is 2. The van der Waals surface area contributed by atoms with Crippen LogP contribution < -0.4 is 15.4 Å². The molecule has 6 heteroatoms. The standard InChI is InChI=1S/C17H15ClN2O3/c18-12-5-3-4-11(8-12)10-19-16(21)9-15-17(22)20-13-6-1-2-7-14(13)23-15/h1-8,15H,9-10H2,(H,19,21)(H,20,22)/t15-/m1/s1. The van der Waals surface area contributed by atoms with Crippen molar-refractivity contribution >= 4 is 29.1 Å². The SMILES string of the molecule is O=C(C[C@H]1Oc2ccccc2NC1=O)NCc1cccc(Cl)c1. The average Bonchev–Trinajstić information content (AvgIpc) is 2.54. The van der Waals surface area contributed by atoms with Crippen molar-refractivity contribution in [3.63, 3.8) is 0 Å². The summed E-state index contributed by atoms with van der Waals surface area (Å²) in [4.78, 5) is 24.0. The normalized spacial score (nSPS) is 16.0. The lowest BCUT2D eigenvalue weighted by molar-refractivity contribution is -0.130. The highest BCUT2D eigenvalue weighted by atomic mass is 35.5. The Morgan fingerprint density at radius 3 is 2.87 bits per heavy atom. The monoisotopic (exact) mass is 330 g/mol. The molecule has 3 rings (SSSR count). The number of fused-ring (bicyclic) bond motifs is 1. The fourth-order valence-electron chi connectivity index (χ4n) is 2.32. The van der Waals surface area contributed by atoms with Crippen LogP contribution in [-0.4, -0.2) is 17.9 Å². The molecule has 0 radical (unpaired) electrons. The number of hydrogen-bond acceptors (Lipinski definition) is 3. The van der Waals surface area contributed by atoms with Gasteiger partial charge in [0.1, 0.15) is 5.75 Å². The Morgan fingerprint density at radius 2 is 2.04 bits per heavy atom. The highest BCUT2D eigenvalue weighted by molar-refractivity contribution is 6.30. The Kier molecular flexibility index (Phi) is 4.48. The van der Waals surface area contributed by atoms with Crippen molar-refractivity contribution in [3.8, 4) is 5.75 Å². The van der Waals surface area contributed by atoms with Crippen LogP contribution in [0.15, 0.2) is 48.5 Å². The Hall–Kier alpha value is -2.53. The van der Waals surface area contributed by atoms with Gasteiger partial charge in [0.2, 0.25) is 5.91 Å². The molecule has 1 heterocycles. The number of hydrogen-bond donors (Lipinski definition) is 2. The molecule has 0 spiro atoms. The van der Waals surface area contributed by atoms with Crippen molar-refractivity contribution < 1.29 is 14.3 Å². The molecule has 0 saturated carbocycles. The molecule has 0 saturated heterocycles. The summed E-state index contributed by atoms with van der Waals surface area (Å²) < 4.78 is 5.59. The molecule has 23 heavy (non-hydrogen) atoms. The number of amides is 2. The van der Waals surface area contributed by atoms with Gasteiger partial charge in [-0.25, -0.2) is 0 Å². The predicted molar refractivity (Wildman–Crippen MR) is 87.4 cm³/mol. The second-order valence-corrected chi connectivity index (χ2v) is 5.64. The van der Waals surface area contributed by atoms with Crippen molar-refractivity contribution in [3.05, 3.63) is 59.1 Å². The summed E-state index contributed by atoms with van der Waals surface area (Å²) in [6.45, 7) is 0.352. The molecule has 0 bridgehead atoms. The number of nitrogens with one attached hydrogen (secondary N) is 2. The molecule has 2 N–H and O–H groups in total. The van der Waals surface area contributed by atoms with Crippen LogP contribution in [0.4, 0.5) is 5.69 Å². The Bertz CT molecular complexity index is 748. The van der Waals surface area contributed by atoms with E-state index in [1.54, 1.807) is 30.3 Å². The quantitative estimate of drug-likeness (QED) is 0.905. The number of carbonyl (C=O) groups is 2. The molecule has 2 aromatic rings. The van der Waals surface area contributed by atoms with E-state index in [1.165, 1.54) is 0 Å². The molecule has 118 valence electrons. The van der Waals surface area contributed by atoms with Gasteiger partial charge in [0.05, 0.1) is 12.1 Å². The van der Waals surface area contributed by atoms with E-state index in [4.69, 9.17) is 16.3 Å². The molecule has 1 atom stereocenters. The number of benzene rings is 2. The van der Waals surface area contributed by atoms with E-state index >= 15 is 0 Å². The lowest BCUT2D eigenvalue weighted by Crippen LogP contribution is -2.40. The van der Waals surface area contributed by atoms with E-state index < -0.39 is 6.10 Å². The van der Waals surface area contributed by atoms with Crippen LogP contribution >= 0.6 is 11.6 Å². The van der Waals surface area contributed by atoms with Gasteiger partial charge in [0.25, 0.3) is 5.91 Å². The number of para-hydroxylation sites is 2. The highest BCUT2D eigenvalue weighted by Crippen LogP contribution is 2.29. The fourth-order valence-corrected chi connectivity index (χ4v) is 2.53. The van der Waals surface area contributed by atoms with Gasteiger partial charge in [0, 0.05) is 11.6 Å². The molecule has 0 aromatic heterocycles. The zero-order valence-electron chi connectivity index (χ0n) is 12.2. The van der Waals surface area contributed by atoms with Crippen molar-refractivity contribution in [2.24, 2.45) is 0 Å². The third-order valence-corrected chi connectivity index (χ3v) is 3.69. The molecule has 0 unspecified atom stereocenters. The summed E-state index contributed by atoms with van der Waals surface area (Å²) in [6.07, 6.45) is -0.870. The molecule has 0 fully saturated rings. The molecule has 2 aromatic carbocycles. The minimum absolute atomic E-state index is 0.0409. The van der Waals surface area contributed by atoms with Crippen LogP contribution in [-0.2, 0) is 16.1 Å². The maximum Gasteiger partial charge on any atom is 0.266 e.